The van der Waals surface area contributed by atoms with Crippen molar-refractivity contribution >= 4 is 21.9 Å². The number of fused-ring (bicyclic) bond motifs is 2. The number of ether oxygens (including phenoxy) is 3. The van der Waals surface area contributed by atoms with E-state index in [0.717, 1.165) is 21.1 Å². The van der Waals surface area contributed by atoms with Gasteiger partial charge in [0.2, 0.25) is 0 Å². The summed E-state index contributed by atoms with van der Waals surface area (Å²) in [6.07, 6.45) is 1.55. The van der Waals surface area contributed by atoms with Gasteiger partial charge in [0.25, 0.3) is 5.56 Å². The number of nitrogens with zero attached hydrogens (tertiary/aromatic N) is 4. The normalized spacial score (nSPS) is 11.4. The third-order valence-corrected chi connectivity index (χ3v) is 5.30. The number of aromatic nitrogens is 4. The van der Waals surface area contributed by atoms with Crippen molar-refractivity contribution in [3.8, 4) is 5.75 Å². The fourth-order valence-corrected chi connectivity index (χ4v) is 3.58. The van der Waals surface area contributed by atoms with Gasteiger partial charge in [-0.15, -0.1) is 0 Å². The van der Waals surface area contributed by atoms with Crippen molar-refractivity contribution in [3.63, 3.8) is 0 Å². The lowest BCUT2D eigenvalue weighted by Crippen LogP contribution is -2.37. The van der Waals surface area contributed by atoms with Gasteiger partial charge in [0.05, 0.1) is 32.8 Å². The van der Waals surface area contributed by atoms with Crippen molar-refractivity contribution < 1.29 is 14.2 Å². The van der Waals surface area contributed by atoms with E-state index in [1.165, 1.54) is 11.6 Å². The lowest BCUT2D eigenvalue weighted by atomic mass is 10.1. The highest BCUT2D eigenvalue weighted by molar-refractivity contribution is 5.88. The van der Waals surface area contributed by atoms with Crippen LogP contribution in [0.25, 0.3) is 21.9 Å². The highest BCUT2D eigenvalue weighted by Gasteiger charge is 2.13. The van der Waals surface area contributed by atoms with Crippen molar-refractivity contribution in [1.29, 1.82) is 0 Å². The van der Waals surface area contributed by atoms with Gasteiger partial charge in [0.15, 0.2) is 11.2 Å². The Balaban J connectivity index is 1.18. The minimum atomic E-state index is -0.398. The van der Waals surface area contributed by atoms with E-state index < -0.39 is 5.69 Å². The minimum Gasteiger partial charge on any atom is -0.491 e. The molecule has 0 aliphatic heterocycles. The Morgan fingerprint density at radius 1 is 0.844 bits per heavy atom. The van der Waals surface area contributed by atoms with Gasteiger partial charge in [-0.2, -0.15) is 0 Å². The standard InChI is InChI=1S/C23H26N4O5/c1-25-21-20(22(28)26(2)23(25)29)27(16-24-21)10-11-30-12-13-31-14-15-32-19-9-5-7-17-6-3-4-8-18(17)19/h3-9,16H,10-15H2,1-2H3. The first kappa shape index (κ1) is 21.8. The smallest absolute Gasteiger partial charge is 0.332 e. The van der Waals surface area contributed by atoms with Crippen LogP contribution >= 0.6 is 0 Å². The van der Waals surface area contributed by atoms with Crippen molar-refractivity contribution in [2.24, 2.45) is 14.1 Å². The summed E-state index contributed by atoms with van der Waals surface area (Å²) in [6, 6.07) is 14.1. The molecule has 2 aromatic heterocycles. The minimum absolute atomic E-state index is 0.366. The fraction of sp³-hybridized carbons (Fsp3) is 0.348. The Morgan fingerprint density at radius 3 is 2.41 bits per heavy atom. The fourth-order valence-electron chi connectivity index (χ4n) is 3.58. The molecule has 0 aliphatic rings. The molecule has 0 saturated carbocycles. The van der Waals surface area contributed by atoms with Gasteiger partial charge >= 0.3 is 5.69 Å². The van der Waals surface area contributed by atoms with E-state index in [-0.39, 0.29) is 5.56 Å². The molecule has 0 radical (unpaired) electrons. The summed E-state index contributed by atoms with van der Waals surface area (Å²) in [5.74, 6) is 0.846. The van der Waals surface area contributed by atoms with Crippen LogP contribution in [-0.2, 0) is 30.1 Å². The number of hydrogen-bond acceptors (Lipinski definition) is 6. The Labute approximate surface area is 184 Å². The van der Waals surface area contributed by atoms with E-state index in [0.29, 0.717) is 50.7 Å². The summed E-state index contributed by atoms with van der Waals surface area (Å²) in [4.78, 5) is 28.6. The zero-order valence-electron chi connectivity index (χ0n) is 18.2. The van der Waals surface area contributed by atoms with E-state index >= 15 is 0 Å². The zero-order chi connectivity index (χ0) is 22.5. The van der Waals surface area contributed by atoms with Gasteiger partial charge < -0.3 is 18.8 Å². The predicted molar refractivity (Wildman–Crippen MR) is 121 cm³/mol. The number of aryl methyl sites for hydroxylation is 1. The molecule has 0 spiro atoms. The molecule has 0 bridgehead atoms. The molecule has 168 valence electrons. The molecule has 0 amide bonds. The lowest BCUT2D eigenvalue weighted by Gasteiger charge is -2.10. The highest BCUT2D eigenvalue weighted by atomic mass is 16.5. The first-order valence-corrected chi connectivity index (χ1v) is 10.4. The SMILES string of the molecule is Cn1c(=O)c2c(ncn2CCOCCOCCOc2cccc3ccccc23)n(C)c1=O. The van der Waals surface area contributed by atoms with E-state index in [1.807, 2.05) is 30.3 Å². The molecule has 0 fully saturated rings. The first-order valence-electron chi connectivity index (χ1n) is 10.4. The summed E-state index contributed by atoms with van der Waals surface area (Å²) < 4.78 is 21.2. The van der Waals surface area contributed by atoms with E-state index in [4.69, 9.17) is 14.2 Å². The molecule has 32 heavy (non-hydrogen) atoms. The zero-order valence-corrected chi connectivity index (χ0v) is 18.2. The van der Waals surface area contributed by atoms with Gasteiger partial charge in [0.1, 0.15) is 12.4 Å². The molecule has 0 unspecified atom stereocenters. The molecule has 9 heteroatoms. The average molecular weight is 438 g/mol. The summed E-state index contributed by atoms with van der Waals surface area (Å²) >= 11 is 0. The van der Waals surface area contributed by atoms with E-state index in [2.05, 4.69) is 17.1 Å². The molecule has 0 aliphatic carbocycles. The average Bonchev–Trinajstić information content (AvgIpc) is 3.24. The van der Waals surface area contributed by atoms with Crippen LogP contribution in [0.4, 0.5) is 0 Å². The molecule has 0 N–H and O–H groups in total. The van der Waals surface area contributed by atoms with Crippen LogP contribution in [0.2, 0.25) is 0 Å². The van der Waals surface area contributed by atoms with Gasteiger partial charge in [-0.1, -0.05) is 36.4 Å². The molecular weight excluding hydrogens is 412 g/mol. The predicted octanol–water partition coefficient (Wildman–Crippen LogP) is 1.70. The Hall–Kier alpha value is -3.43. The van der Waals surface area contributed by atoms with Crippen molar-refractivity contribution in [1.82, 2.24) is 18.7 Å². The topological polar surface area (TPSA) is 89.5 Å². The molecule has 4 rings (SSSR count). The largest absolute Gasteiger partial charge is 0.491 e. The molecular formula is C23H26N4O5. The summed E-state index contributed by atoms with van der Waals surface area (Å²) in [5.41, 5.74) is -0.00614. The van der Waals surface area contributed by atoms with Crippen molar-refractivity contribution in [2.45, 2.75) is 6.54 Å². The molecule has 2 aromatic carbocycles. The van der Waals surface area contributed by atoms with Crippen molar-refractivity contribution in [2.75, 3.05) is 33.0 Å². The molecule has 0 saturated heterocycles. The third kappa shape index (κ3) is 4.44. The number of benzene rings is 2. The second-order valence-corrected chi connectivity index (χ2v) is 7.37. The maximum Gasteiger partial charge on any atom is 0.332 e. The first-order chi connectivity index (χ1) is 15.6. The molecule has 0 atom stereocenters. The van der Waals surface area contributed by atoms with Crippen LogP contribution in [0, 0.1) is 0 Å². The maximum atomic E-state index is 12.4. The van der Waals surface area contributed by atoms with Crippen LogP contribution in [0.1, 0.15) is 0 Å². The van der Waals surface area contributed by atoms with Gasteiger partial charge in [0, 0.05) is 26.0 Å². The van der Waals surface area contributed by atoms with E-state index in [9.17, 15) is 9.59 Å². The quantitative estimate of drug-likeness (QED) is 0.350. The Morgan fingerprint density at radius 2 is 1.56 bits per heavy atom. The number of hydrogen-bond donors (Lipinski definition) is 0. The van der Waals surface area contributed by atoms with Gasteiger partial charge in [-0.05, 0) is 11.5 Å². The number of rotatable bonds is 10. The third-order valence-electron chi connectivity index (χ3n) is 5.30. The van der Waals surface area contributed by atoms with Gasteiger partial charge in [-0.3, -0.25) is 13.9 Å². The second-order valence-electron chi connectivity index (χ2n) is 7.37. The number of imidazole rings is 1. The van der Waals surface area contributed by atoms with Crippen LogP contribution in [0.5, 0.6) is 5.75 Å². The Bertz CT molecular complexity index is 1330. The molecule has 9 nitrogen and oxygen atoms in total. The van der Waals surface area contributed by atoms with Crippen LogP contribution in [0.3, 0.4) is 0 Å². The van der Waals surface area contributed by atoms with Crippen LogP contribution in [0.15, 0.2) is 58.4 Å². The molecule has 2 heterocycles. The lowest BCUT2D eigenvalue weighted by molar-refractivity contribution is 0.0344. The van der Waals surface area contributed by atoms with Crippen molar-refractivity contribution in [3.05, 3.63) is 69.6 Å². The van der Waals surface area contributed by atoms with Crippen LogP contribution < -0.4 is 16.0 Å². The Kier molecular flexibility index (Phi) is 6.67. The van der Waals surface area contributed by atoms with Crippen LogP contribution in [-0.4, -0.2) is 51.7 Å². The summed E-state index contributed by atoms with van der Waals surface area (Å²) in [6.45, 7) is 2.64. The maximum absolute atomic E-state index is 12.4. The monoisotopic (exact) mass is 438 g/mol. The second kappa shape index (κ2) is 9.80. The van der Waals surface area contributed by atoms with E-state index in [1.54, 1.807) is 17.9 Å². The van der Waals surface area contributed by atoms with Gasteiger partial charge in [-0.25, -0.2) is 9.78 Å². The summed E-state index contributed by atoms with van der Waals surface area (Å²) in [5, 5.41) is 2.23. The molecule has 4 aromatic rings. The highest BCUT2D eigenvalue weighted by Crippen LogP contribution is 2.24. The summed E-state index contributed by atoms with van der Waals surface area (Å²) in [7, 11) is 3.05.